The minimum atomic E-state index is -4.12. The smallest absolute Gasteiger partial charge is 0.246 e. The second-order valence-corrected chi connectivity index (χ2v) is 13.0. The van der Waals surface area contributed by atoms with Crippen LogP contribution in [0.2, 0.25) is 5.02 Å². The van der Waals surface area contributed by atoms with Gasteiger partial charge in [-0.3, -0.25) is 4.79 Å². The number of rotatable bonds is 5. The van der Waals surface area contributed by atoms with E-state index in [4.69, 9.17) is 11.6 Å². The number of piperidine rings is 1. The summed E-state index contributed by atoms with van der Waals surface area (Å²) in [5.74, 6) is -0.822. The molecule has 0 bridgehead atoms. The lowest BCUT2D eigenvalue weighted by atomic mass is 9.79. The SMILES string of the molecule is Cc1ccc(C)c(N2CCN(C(=O)[C@]3(S(=O)(=O)c4cccc(Cl)c4)CNCC[C@@H]3c3ccccc3)CC2)c1. The van der Waals surface area contributed by atoms with Crippen LogP contribution in [0.15, 0.2) is 77.7 Å². The molecule has 1 amide bonds. The lowest BCUT2D eigenvalue weighted by Gasteiger charge is -2.47. The first-order chi connectivity index (χ1) is 18.2. The van der Waals surface area contributed by atoms with Crippen molar-refractivity contribution >= 4 is 33.0 Å². The summed E-state index contributed by atoms with van der Waals surface area (Å²) >= 11 is 6.23. The number of carbonyl (C=O) groups excluding carboxylic acids is 1. The molecule has 38 heavy (non-hydrogen) atoms. The third kappa shape index (κ3) is 4.72. The van der Waals surface area contributed by atoms with E-state index in [2.05, 4.69) is 42.3 Å². The highest BCUT2D eigenvalue weighted by molar-refractivity contribution is 7.93. The molecule has 1 N–H and O–H groups in total. The van der Waals surface area contributed by atoms with Gasteiger partial charge >= 0.3 is 0 Å². The van der Waals surface area contributed by atoms with Crippen LogP contribution in [0.1, 0.15) is 29.0 Å². The Labute approximate surface area is 230 Å². The lowest BCUT2D eigenvalue weighted by molar-refractivity contribution is -0.135. The van der Waals surface area contributed by atoms with E-state index in [1.54, 1.807) is 23.1 Å². The summed E-state index contributed by atoms with van der Waals surface area (Å²) in [6.07, 6.45) is 0.540. The standard InChI is InChI=1S/C30H34ClN3O3S/c1-22-11-12-23(2)28(19-22)33-15-17-34(18-16-33)29(35)30(38(36,37)26-10-6-9-25(31)20-26)21-32-14-13-27(30)24-7-4-3-5-8-24/h3-12,19-20,27,32H,13-18,21H2,1-2H3/t27-,30+/m1/s1. The van der Waals surface area contributed by atoms with Gasteiger partial charge in [-0.25, -0.2) is 8.42 Å². The Morgan fingerprint density at radius 3 is 2.39 bits per heavy atom. The highest BCUT2D eigenvalue weighted by Crippen LogP contribution is 2.44. The van der Waals surface area contributed by atoms with Crippen molar-refractivity contribution in [3.8, 4) is 0 Å². The number of nitrogens with zero attached hydrogens (tertiary/aromatic N) is 2. The normalized spacial score (nSPS) is 22.3. The van der Waals surface area contributed by atoms with E-state index in [0.29, 0.717) is 44.2 Å². The van der Waals surface area contributed by atoms with Crippen molar-refractivity contribution in [1.82, 2.24) is 10.2 Å². The van der Waals surface area contributed by atoms with Crippen molar-refractivity contribution in [3.63, 3.8) is 0 Å². The Balaban J connectivity index is 1.54. The Kier molecular flexibility index (Phi) is 7.54. The number of piperazine rings is 1. The molecule has 2 saturated heterocycles. The molecule has 2 aliphatic rings. The van der Waals surface area contributed by atoms with Crippen LogP contribution in [0.25, 0.3) is 0 Å². The van der Waals surface area contributed by atoms with Gasteiger partial charge in [0.25, 0.3) is 0 Å². The number of aryl methyl sites for hydroxylation is 2. The molecule has 0 saturated carbocycles. The number of nitrogens with one attached hydrogen (secondary N) is 1. The zero-order chi connectivity index (χ0) is 26.9. The number of carbonyl (C=O) groups is 1. The summed E-state index contributed by atoms with van der Waals surface area (Å²) in [4.78, 5) is 18.7. The fraction of sp³-hybridized carbons (Fsp3) is 0.367. The lowest BCUT2D eigenvalue weighted by Crippen LogP contribution is -2.66. The molecule has 0 aliphatic carbocycles. The Hall–Kier alpha value is -2.87. The maximum atomic E-state index is 14.6. The maximum absolute atomic E-state index is 14.6. The molecule has 2 heterocycles. The van der Waals surface area contributed by atoms with E-state index in [1.165, 1.54) is 22.9 Å². The predicted octanol–water partition coefficient (Wildman–Crippen LogP) is 4.60. The molecular weight excluding hydrogens is 518 g/mol. The molecule has 2 fully saturated rings. The summed E-state index contributed by atoms with van der Waals surface area (Å²) in [5, 5.41) is 3.59. The quantitative estimate of drug-likeness (QED) is 0.502. The zero-order valence-electron chi connectivity index (χ0n) is 21.9. The minimum Gasteiger partial charge on any atom is -0.368 e. The summed E-state index contributed by atoms with van der Waals surface area (Å²) < 4.78 is 27.4. The van der Waals surface area contributed by atoms with Crippen molar-refractivity contribution in [3.05, 3.63) is 94.5 Å². The molecule has 5 rings (SSSR count). The molecular formula is C30H34ClN3O3S. The van der Waals surface area contributed by atoms with Gasteiger partial charge in [-0.15, -0.1) is 0 Å². The first kappa shape index (κ1) is 26.7. The highest BCUT2D eigenvalue weighted by Gasteiger charge is 2.59. The van der Waals surface area contributed by atoms with Gasteiger partial charge in [0.15, 0.2) is 14.6 Å². The Morgan fingerprint density at radius 2 is 1.68 bits per heavy atom. The van der Waals surface area contributed by atoms with Gasteiger partial charge in [0.2, 0.25) is 5.91 Å². The Bertz CT molecular complexity index is 1420. The van der Waals surface area contributed by atoms with Crippen molar-refractivity contribution in [2.75, 3.05) is 44.2 Å². The molecule has 2 atom stereocenters. The zero-order valence-corrected chi connectivity index (χ0v) is 23.4. The number of amides is 1. The van der Waals surface area contributed by atoms with Crippen LogP contribution in [-0.2, 0) is 14.6 Å². The van der Waals surface area contributed by atoms with Crippen LogP contribution in [0, 0.1) is 13.8 Å². The molecule has 3 aromatic carbocycles. The van der Waals surface area contributed by atoms with Gasteiger partial charge in [0.1, 0.15) is 0 Å². The number of sulfone groups is 1. The molecule has 0 radical (unpaired) electrons. The summed E-state index contributed by atoms with van der Waals surface area (Å²) in [6.45, 7) is 7.07. The van der Waals surface area contributed by atoms with Crippen LogP contribution in [-0.4, -0.2) is 63.2 Å². The molecule has 0 aromatic heterocycles. The molecule has 2 aliphatic heterocycles. The maximum Gasteiger partial charge on any atom is 0.246 e. The van der Waals surface area contributed by atoms with Gasteiger partial charge in [-0.05, 0) is 67.8 Å². The molecule has 0 unspecified atom stereocenters. The van der Waals surface area contributed by atoms with Crippen LogP contribution in [0.5, 0.6) is 0 Å². The third-order valence-electron chi connectivity index (χ3n) is 7.98. The molecule has 6 nitrogen and oxygen atoms in total. The third-order valence-corrected chi connectivity index (χ3v) is 10.7. The highest BCUT2D eigenvalue weighted by atomic mass is 35.5. The van der Waals surface area contributed by atoms with Gasteiger partial charge in [0, 0.05) is 49.4 Å². The van der Waals surface area contributed by atoms with Crippen molar-refractivity contribution in [2.45, 2.75) is 35.8 Å². The van der Waals surface area contributed by atoms with Gasteiger partial charge in [-0.1, -0.05) is 60.1 Å². The fourth-order valence-corrected chi connectivity index (χ4v) is 8.44. The van der Waals surface area contributed by atoms with Gasteiger partial charge in [0.05, 0.1) is 4.90 Å². The number of anilines is 1. The number of benzene rings is 3. The number of halogens is 1. The molecule has 3 aromatic rings. The second kappa shape index (κ2) is 10.7. The van der Waals surface area contributed by atoms with Crippen LogP contribution < -0.4 is 10.2 Å². The molecule has 200 valence electrons. The van der Waals surface area contributed by atoms with E-state index in [1.807, 2.05) is 30.3 Å². The van der Waals surface area contributed by atoms with E-state index >= 15 is 0 Å². The number of hydrogen-bond acceptors (Lipinski definition) is 5. The van der Waals surface area contributed by atoms with Crippen molar-refractivity contribution in [2.24, 2.45) is 0 Å². The molecule has 0 spiro atoms. The van der Waals surface area contributed by atoms with Crippen molar-refractivity contribution < 1.29 is 13.2 Å². The van der Waals surface area contributed by atoms with E-state index in [9.17, 15) is 13.2 Å². The first-order valence-electron chi connectivity index (χ1n) is 13.1. The van der Waals surface area contributed by atoms with Crippen LogP contribution >= 0.6 is 11.6 Å². The van der Waals surface area contributed by atoms with Crippen molar-refractivity contribution in [1.29, 1.82) is 0 Å². The van der Waals surface area contributed by atoms with Crippen LogP contribution in [0.3, 0.4) is 0 Å². The van der Waals surface area contributed by atoms with Gasteiger partial charge < -0.3 is 15.1 Å². The fourth-order valence-electron chi connectivity index (χ4n) is 5.94. The minimum absolute atomic E-state index is 0.0530. The van der Waals surface area contributed by atoms with Gasteiger partial charge in [-0.2, -0.15) is 0 Å². The van der Waals surface area contributed by atoms with E-state index < -0.39 is 20.5 Å². The topological polar surface area (TPSA) is 69.7 Å². The monoisotopic (exact) mass is 551 g/mol. The van der Waals surface area contributed by atoms with E-state index in [-0.39, 0.29) is 17.3 Å². The largest absolute Gasteiger partial charge is 0.368 e. The first-order valence-corrected chi connectivity index (χ1v) is 15.0. The molecule has 8 heteroatoms. The summed E-state index contributed by atoms with van der Waals surface area (Å²) in [7, 11) is -4.12. The predicted molar refractivity (Wildman–Crippen MR) is 153 cm³/mol. The van der Waals surface area contributed by atoms with Crippen LogP contribution in [0.4, 0.5) is 5.69 Å². The summed E-state index contributed by atoms with van der Waals surface area (Å²) in [5.41, 5.74) is 4.41. The van der Waals surface area contributed by atoms with E-state index in [0.717, 1.165) is 5.56 Å². The Morgan fingerprint density at radius 1 is 0.947 bits per heavy atom. The average Bonchev–Trinajstić information content (AvgIpc) is 2.94. The number of hydrogen-bond donors (Lipinski definition) is 1. The summed E-state index contributed by atoms with van der Waals surface area (Å²) in [6, 6.07) is 22.3. The average molecular weight is 552 g/mol. The second-order valence-electron chi connectivity index (χ2n) is 10.3.